The predicted molar refractivity (Wildman–Crippen MR) is 108 cm³/mol. The molecule has 0 fully saturated rings. The molecule has 1 N–H and O–H groups in total. The summed E-state index contributed by atoms with van der Waals surface area (Å²) >= 11 is 0. The first-order valence-corrected chi connectivity index (χ1v) is 9.25. The standard InChI is InChI=1S/C22H22N4O/c1-3-16-8-10-19(11-9-16)25-21(27)18-13-23-22(24-14-18)26-15(2)12-17-6-4-5-7-20(17)26/h4-11,13-15H,3,12H2,1-2H3,(H,25,27). The van der Waals surface area contributed by atoms with Gasteiger partial charge in [0.1, 0.15) is 0 Å². The number of aryl methyl sites for hydroxylation is 1. The Morgan fingerprint density at radius 1 is 1.11 bits per heavy atom. The molecule has 1 aliphatic rings. The van der Waals surface area contributed by atoms with Gasteiger partial charge in [0.05, 0.1) is 5.56 Å². The first-order valence-electron chi connectivity index (χ1n) is 9.25. The lowest BCUT2D eigenvalue weighted by atomic mass is 10.1. The van der Waals surface area contributed by atoms with E-state index in [-0.39, 0.29) is 5.91 Å². The molecule has 1 aliphatic heterocycles. The number of hydrogen-bond acceptors (Lipinski definition) is 4. The fourth-order valence-corrected chi connectivity index (χ4v) is 3.46. The van der Waals surface area contributed by atoms with Gasteiger partial charge in [0.15, 0.2) is 0 Å². The Kier molecular flexibility index (Phi) is 4.59. The van der Waals surface area contributed by atoms with Gasteiger partial charge in [-0.05, 0) is 49.1 Å². The summed E-state index contributed by atoms with van der Waals surface area (Å²) in [5, 5.41) is 2.89. The monoisotopic (exact) mass is 358 g/mol. The summed E-state index contributed by atoms with van der Waals surface area (Å²) in [7, 11) is 0. The van der Waals surface area contributed by atoms with E-state index in [4.69, 9.17) is 0 Å². The van der Waals surface area contributed by atoms with Gasteiger partial charge < -0.3 is 10.2 Å². The van der Waals surface area contributed by atoms with Gasteiger partial charge >= 0.3 is 0 Å². The number of fused-ring (bicyclic) bond motifs is 1. The van der Waals surface area contributed by atoms with E-state index in [1.807, 2.05) is 30.3 Å². The zero-order valence-corrected chi connectivity index (χ0v) is 15.5. The lowest BCUT2D eigenvalue weighted by Gasteiger charge is -2.22. The molecule has 27 heavy (non-hydrogen) atoms. The van der Waals surface area contributed by atoms with Gasteiger partial charge in [-0.15, -0.1) is 0 Å². The molecule has 1 atom stereocenters. The normalized spacial score (nSPS) is 15.5. The van der Waals surface area contributed by atoms with E-state index in [1.165, 1.54) is 11.1 Å². The Morgan fingerprint density at radius 3 is 2.52 bits per heavy atom. The minimum absolute atomic E-state index is 0.208. The molecule has 0 aliphatic carbocycles. The van der Waals surface area contributed by atoms with Crippen molar-refractivity contribution >= 4 is 23.2 Å². The summed E-state index contributed by atoms with van der Waals surface area (Å²) < 4.78 is 0. The van der Waals surface area contributed by atoms with Gasteiger partial charge in [-0.1, -0.05) is 37.3 Å². The summed E-state index contributed by atoms with van der Waals surface area (Å²) in [5.74, 6) is 0.414. The van der Waals surface area contributed by atoms with E-state index in [2.05, 4.69) is 52.2 Å². The van der Waals surface area contributed by atoms with Crippen LogP contribution in [0.4, 0.5) is 17.3 Å². The van der Waals surface area contributed by atoms with Crippen LogP contribution in [0.2, 0.25) is 0 Å². The number of anilines is 3. The fourth-order valence-electron chi connectivity index (χ4n) is 3.46. The summed E-state index contributed by atoms with van der Waals surface area (Å²) in [5.41, 5.74) is 4.88. The van der Waals surface area contributed by atoms with Crippen LogP contribution in [0.3, 0.4) is 0 Å². The molecule has 1 amide bonds. The number of nitrogens with zero attached hydrogens (tertiary/aromatic N) is 3. The SMILES string of the molecule is CCc1ccc(NC(=O)c2cnc(N3c4ccccc4CC3C)nc2)cc1. The Bertz CT molecular complexity index is 951. The summed E-state index contributed by atoms with van der Waals surface area (Å²) in [6, 6.07) is 16.4. The third kappa shape index (κ3) is 3.40. The largest absolute Gasteiger partial charge is 0.322 e. The number of benzene rings is 2. The van der Waals surface area contributed by atoms with Crippen LogP contribution in [-0.2, 0) is 12.8 Å². The van der Waals surface area contributed by atoms with Crippen molar-refractivity contribution in [2.24, 2.45) is 0 Å². The first-order chi connectivity index (χ1) is 13.2. The topological polar surface area (TPSA) is 58.1 Å². The van der Waals surface area contributed by atoms with Crippen LogP contribution in [0, 0.1) is 0 Å². The second-order valence-electron chi connectivity index (χ2n) is 6.83. The maximum absolute atomic E-state index is 12.5. The molecule has 4 rings (SSSR count). The number of nitrogens with one attached hydrogen (secondary N) is 1. The molecular weight excluding hydrogens is 336 g/mol. The first kappa shape index (κ1) is 17.2. The second kappa shape index (κ2) is 7.19. The van der Waals surface area contributed by atoms with Crippen LogP contribution in [-0.4, -0.2) is 21.9 Å². The maximum Gasteiger partial charge on any atom is 0.258 e. The number of rotatable bonds is 4. The van der Waals surface area contributed by atoms with Crippen LogP contribution >= 0.6 is 0 Å². The quantitative estimate of drug-likeness (QED) is 0.752. The summed E-state index contributed by atoms with van der Waals surface area (Å²) in [4.78, 5) is 23.5. The number of amides is 1. The predicted octanol–water partition coefficient (Wildman–Crippen LogP) is 4.37. The molecule has 2 aromatic carbocycles. The van der Waals surface area contributed by atoms with Crippen molar-refractivity contribution in [1.82, 2.24) is 9.97 Å². The highest BCUT2D eigenvalue weighted by atomic mass is 16.1. The van der Waals surface area contributed by atoms with Gasteiger partial charge in [-0.25, -0.2) is 9.97 Å². The Morgan fingerprint density at radius 2 is 1.81 bits per heavy atom. The molecule has 1 unspecified atom stereocenters. The molecule has 0 radical (unpaired) electrons. The highest BCUT2D eigenvalue weighted by Gasteiger charge is 2.28. The molecule has 0 bridgehead atoms. The number of carbonyl (C=O) groups is 1. The third-order valence-corrected chi connectivity index (χ3v) is 4.94. The molecule has 136 valence electrons. The third-order valence-electron chi connectivity index (χ3n) is 4.94. The van der Waals surface area contributed by atoms with Crippen molar-refractivity contribution in [3.05, 3.63) is 77.6 Å². The van der Waals surface area contributed by atoms with Crippen molar-refractivity contribution in [1.29, 1.82) is 0 Å². The number of aromatic nitrogens is 2. The fraction of sp³-hybridized carbons (Fsp3) is 0.227. The maximum atomic E-state index is 12.5. The Labute approximate surface area is 159 Å². The lowest BCUT2D eigenvalue weighted by molar-refractivity contribution is 0.102. The van der Waals surface area contributed by atoms with Crippen molar-refractivity contribution in [3.8, 4) is 0 Å². The van der Waals surface area contributed by atoms with Crippen molar-refractivity contribution in [2.75, 3.05) is 10.2 Å². The van der Waals surface area contributed by atoms with E-state index in [9.17, 15) is 4.79 Å². The number of para-hydroxylation sites is 1. The molecule has 0 saturated heterocycles. The highest BCUT2D eigenvalue weighted by molar-refractivity contribution is 6.03. The Hall–Kier alpha value is -3.21. The van der Waals surface area contributed by atoms with Crippen LogP contribution in [0.1, 0.15) is 35.3 Å². The van der Waals surface area contributed by atoms with Crippen LogP contribution in [0.5, 0.6) is 0 Å². The van der Waals surface area contributed by atoms with Crippen molar-refractivity contribution in [3.63, 3.8) is 0 Å². The Balaban J connectivity index is 1.51. The average molecular weight is 358 g/mol. The molecule has 2 heterocycles. The van der Waals surface area contributed by atoms with E-state index in [0.717, 1.165) is 24.2 Å². The van der Waals surface area contributed by atoms with Crippen molar-refractivity contribution < 1.29 is 4.79 Å². The van der Waals surface area contributed by atoms with Gasteiger partial charge in [0.2, 0.25) is 5.95 Å². The molecule has 0 spiro atoms. The number of carbonyl (C=O) groups excluding carboxylic acids is 1. The summed E-state index contributed by atoms with van der Waals surface area (Å²) in [6.07, 6.45) is 5.12. The minimum atomic E-state index is -0.208. The van der Waals surface area contributed by atoms with Gasteiger partial charge in [0, 0.05) is 29.8 Å². The molecule has 1 aromatic heterocycles. The van der Waals surface area contributed by atoms with Crippen molar-refractivity contribution in [2.45, 2.75) is 32.7 Å². The molecule has 5 nitrogen and oxygen atoms in total. The van der Waals surface area contributed by atoms with Gasteiger partial charge in [0.25, 0.3) is 5.91 Å². The molecule has 0 saturated carbocycles. The van der Waals surface area contributed by atoms with Crippen LogP contribution in [0.25, 0.3) is 0 Å². The minimum Gasteiger partial charge on any atom is -0.322 e. The number of hydrogen-bond donors (Lipinski definition) is 1. The summed E-state index contributed by atoms with van der Waals surface area (Å²) in [6.45, 7) is 4.26. The average Bonchev–Trinajstić information content (AvgIpc) is 3.04. The molecule has 5 heteroatoms. The van der Waals surface area contributed by atoms with E-state index in [0.29, 0.717) is 17.6 Å². The highest BCUT2D eigenvalue weighted by Crippen LogP contribution is 2.36. The zero-order chi connectivity index (χ0) is 18.8. The lowest BCUT2D eigenvalue weighted by Crippen LogP contribution is -2.26. The zero-order valence-electron chi connectivity index (χ0n) is 15.5. The smallest absolute Gasteiger partial charge is 0.258 e. The second-order valence-corrected chi connectivity index (χ2v) is 6.83. The van der Waals surface area contributed by atoms with Gasteiger partial charge in [-0.2, -0.15) is 0 Å². The van der Waals surface area contributed by atoms with E-state index in [1.54, 1.807) is 12.4 Å². The molecule has 3 aromatic rings. The van der Waals surface area contributed by atoms with E-state index >= 15 is 0 Å². The van der Waals surface area contributed by atoms with Crippen LogP contribution < -0.4 is 10.2 Å². The van der Waals surface area contributed by atoms with Crippen LogP contribution in [0.15, 0.2) is 60.9 Å². The van der Waals surface area contributed by atoms with E-state index < -0.39 is 0 Å². The van der Waals surface area contributed by atoms with Gasteiger partial charge in [-0.3, -0.25) is 4.79 Å². The molecular formula is C22H22N4O.